The van der Waals surface area contributed by atoms with Gasteiger partial charge in [-0.2, -0.15) is 13.2 Å². The number of hydrogen-bond acceptors (Lipinski definition) is 5. The molecule has 1 aliphatic heterocycles. The molecule has 9 nitrogen and oxygen atoms in total. The summed E-state index contributed by atoms with van der Waals surface area (Å²) in [5.74, 6) is -1.39. The van der Waals surface area contributed by atoms with Crippen LogP contribution in [-0.4, -0.2) is 31.6 Å². The molecule has 3 rings (SSSR count). The first kappa shape index (κ1) is 25.7. The van der Waals surface area contributed by atoms with Gasteiger partial charge in [-0.1, -0.05) is 17.7 Å². The summed E-state index contributed by atoms with van der Waals surface area (Å²) < 4.78 is 49.7. The highest BCUT2D eigenvalue weighted by Crippen LogP contribution is 2.40. The zero-order valence-corrected chi connectivity index (χ0v) is 19.1. The van der Waals surface area contributed by atoms with E-state index in [1.54, 1.807) is 0 Å². The molecule has 186 valence electrons. The van der Waals surface area contributed by atoms with Crippen molar-refractivity contribution in [1.29, 1.82) is 0 Å². The number of anilines is 1. The van der Waals surface area contributed by atoms with Crippen molar-refractivity contribution >= 4 is 35.1 Å². The topological polar surface area (TPSA) is 132 Å². The number of methoxy groups -OCH3 is 1. The van der Waals surface area contributed by atoms with Crippen LogP contribution < -0.4 is 31.2 Å². The average molecular weight is 513 g/mol. The molecule has 0 saturated carbocycles. The van der Waals surface area contributed by atoms with E-state index in [-0.39, 0.29) is 33.5 Å². The summed E-state index contributed by atoms with van der Waals surface area (Å²) in [6.45, 7) is 0.999. The van der Waals surface area contributed by atoms with Crippen LogP contribution >= 0.6 is 11.6 Å². The quantitative estimate of drug-likeness (QED) is 0.451. The number of urea groups is 1. The van der Waals surface area contributed by atoms with Crippen molar-refractivity contribution in [1.82, 2.24) is 10.6 Å². The van der Waals surface area contributed by atoms with Crippen LogP contribution in [0.25, 0.3) is 0 Å². The van der Waals surface area contributed by atoms with E-state index in [9.17, 15) is 27.6 Å². The van der Waals surface area contributed by atoms with E-state index in [1.165, 1.54) is 32.2 Å². The van der Waals surface area contributed by atoms with Gasteiger partial charge in [0.15, 0.2) is 18.1 Å². The molecule has 0 fully saturated rings. The van der Waals surface area contributed by atoms with Crippen LogP contribution in [-0.2, 0) is 15.8 Å². The summed E-state index contributed by atoms with van der Waals surface area (Å²) in [4.78, 5) is 36.4. The van der Waals surface area contributed by atoms with Crippen LogP contribution in [0.15, 0.2) is 47.7 Å². The molecule has 1 atom stereocenters. The Morgan fingerprint density at radius 3 is 2.57 bits per heavy atom. The van der Waals surface area contributed by atoms with Gasteiger partial charge in [-0.3, -0.25) is 9.59 Å². The number of nitrogens with two attached hydrogens (primary N) is 1. The second-order valence-electron chi connectivity index (χ2n) is 7.39. The molecule has 1 unspecified atom stereocenters. The number of halogens is 4. The Hall–Kier alpha value is -3.93. The fourth-order valence-corrected chi connectivity index (χ4v) is 3.68. The van der Waals surface area contributed by atoms with Crippen LogP contribution in [0.1, 0.15) is 24.1 Å². The van der Waals surface area contributed by atoms with Crippen molar-refractivity contribution in [2.75, 3.05) is 19.0 Å². The van der Waals surface area contributed by atoms with Crippen LogP contribution in [0.4, 0.5) is 23.7 Å². The lowest BCUT2D eigenvalue weighted by molar-refractivity contribution is -0.137. The number of allylic oxidation sites excluding steroid dienone is 1. The zero-order chi connectivity index (χ0) is 25.9. The standard InChI is InChI=1S/C22H20ClF3N4O5/c1-10-17(20(32)29-13-5-3-4-12(8-13)22(24,25)26)18(30-21(33)28-10)11-6-14(23)19(15(7-11)34-2)35-9-16(27)31/h3-8,18H,9H2,1-2H3,(H2,27,31)(H,29,32)(H2,28,30,33). The monoisotopic (exact) mass is 512 g/mol. The van der Waals surface area contributed by atoms with Crippen molar-refractivity contribution < 1.29 is 37.0 Å². The second kappa shape index (κ2) is 10.1. The number of alkyl halides is 3. The lowest BCUT2D eigenvalue weighted by Gasteiger charge is -2.29. The van der Waals surface area contributed by atoms with Gasteiger partial charge in [0, 0.05) is 11.4 Å². The van der Waals surface area contributed by atoms with Gasteiger partial charge in [0.1, 0.15) is 0 Å². The molecule has 0 radical (unpaired) electrons. The SMILES string of the molecule is COc1cc(C2NC(=O)NC(C)=C2C(=O)Nc2cccc(C(F)(F)F)c2)cc(Cl)c1OCC(N)=O. The summed E-state index contributed by atoms with van der Waals surface area (Å²) >= 11 is 6.30. The Morgan fingerprint density at radius 1 is 1.23 bits per heavy atom. The number of carbonyl (C=O) groups excluding carboxylic acids is 3. The van der Waals surface area contributed by atoms with E-state index in [2.05, 4.69) is 16.0 Å². The Bertz CT molecular complexity index is 1220. The first-order valence-electron chi connectivity index (χ1n) is 9.96. The van der Waals surface area contributed by atoms with Crippen LogP contribution in [0.5, 0.6) is 11.5 Å². The molecule has 0 saturated heterocycles. The Labute approximate surface area is 202 Å². The molecule has 13 heteroatoms. The first-order valence-corrected chi connectivity index (χ1v) is 10.3. The van der Waals surface area contributed by atoms with Crippen molar-refractivity contribution in [2.45, 2.75) is 19.1 Å². The van der Waals surface area contributed by atoms with E-state index in [1.807, 2.05) is 0 Å². The number of amides is 4. The summed E-state index contributed by atoms with van der Waals surface area (Å²) in [6, 6.07) is 5.29. The second-order valence-corrected chi connectivity index (χ2v) is 7.80. The third-order valence-corrected chi connectivity index (χ3v) is 5.19. The van der Waals surface area contributed by atoms with E-state index >= 15 is 0 Å². The van der Waals surface area contributed by atoms with Crippen molar-refractivity contribution in [3.05, 3.63) is 63.8 Å². The van der Waals surface area contributed by atoms with E-state index in [0.717, 1.165) is 18.2 Å². The smallest absolute Gasteiger partial charge is 0.416 e. The van der Waals surface area contributed by atoms with Crippen LogP contribution in [0.3, 0.4) is 0 Å². The maximum atomic E-state index is 13.1. The largest absolute Gasteiger partial charge is 0.493 e. The molecule has 0 aromatic heterocycles. The third kappa shape index (κ3) is 5.96. The maximum Gasteiger partial charge on any atom is 0.416 e. The highest BCUT2D eigenvalue weighted by molar-refractivity contribution is 6.32. The molecule has 4 amide bonds. The van der Waals surface area contributed by atoms with E-state index in [4.69, 9.17) is 26.8 Å². The van der Waals surface area contributed by atoms with E-state index < -0.39 is 42.2 Å². The maximum absolute atomic E-state index is 13.1. The molecule has 1 aliphatic rings. The van der Waals surface area contributed by atoms with Gasteiger partial charge in [0.05, 0.1) is 29.3 Å². The van der Waals surface area contributed by atoms with Crippen molar-refractivity contribution in [3.63, 3.8) is 0 Å². The number of nitrogens with one attached hydrogen (secondary N) is 3. The molecule has 0 aliphatic carbocycles. The fraction of sp³-hybridized carbons (Fsp3) is 0.227. The predicted molar refractivity (Wildman–Crippen MR) is 120 cm³/mol. The molecule has 0 bridgehead atoms. The number of rotatable bonds is 7. The highest BCUT2D eigenvalue weighted by Gasteiger charge is 2.34. The molecule has 5 N–H and O–H groups in total. The first-order chi connectivity index (χ1) is 16.4. The molecule has 1 heterocycles. The Balaban J connectivity index is 1.98. The minimum absolute atomic E-state index is 0.00340. The zero-order valence-electron chi connectivity index (χ0n) is 18.4. The summed E-state index contributed by atoms with van der Waals surface area (Å²) in [7, 11) is 1.32. The molecular weight excluding hydrogens is 493 g/mol. The molecule has 0 spiro atoms. The summed E-state index contributed by atoms with van der Waals surface area (Å²) in [5.41, 5.74) is 4.57. The molecule has 2 aromatic carbocycles. The van der Waals surface area contributed by atoms with Gasteiger partial charge in [-0.15, -0.1) is 0 Å². The van der Waals surface area contributed by atoms with E-state index in [0.29, 0.717) is 5.56 Å². The van der Waals surface area contributed by atoms with Crippen molar-refractivity contribution in [2.24, 2.45) is 5.73 Å². The predicted octanol–water partition coefficient (Wildman–Crippen LogP) is 3.50. The lowest BCUT2D eigenvalue weighted by Crippen LogP contribution is -2.46. The van der Waals surface area contributed by atoms with Crippen molar-refractivity contribution in [3.8, 4) is 11.5 Å². The third-order valence-electron chi connectivity index (χ3n) is 4.91. The highest BCUT2D eigenvalue weighted by atomic mass is 35.5. The number of ether oxygens (including phenoxy) is 2. The Kier molecular flexibility index (Phi) is 7.44. The van der Waals surface area contributed by atoms with Gasteiger partial charge in [-0.25, -0.2) is 4.79 Å². The van der Waals surface area contributed by atoms with Gasteiger partial charge in [0.25, 0.3) is 11.8 Å². The average Bonchev–Trinajstić information content (AvgIpc) is 2.76. The van der Waals surface area contributed by atoms with Crippen LogP contribution in [0, 0.1) is 0 Å². The molecule has 2 aromatic rings. The van der Waals surface area contributed by atoms with Gasteiger partial charge in [-0.05, 0) is 42.8 Å². The molecular formula is C22H20ClF3N4O5. The number of benzene rings is 2. The minimum Gasteiger partial charge on any atom is -0.493 e. The van der Waals surface area contributed by atoms with Gasteiger partial charge >= 0.3 is 12.2 Å². The summed E-state index contributed by atoms with van der Waals surface area (Å²) in [6.07, 6.45) is -4.59. The number of primary amides is 1. The number of hydrogen-bond donors (Lipinski definition) is 4. The molecule has 35 heavy (non-hydrogen) atoms. The lowest BCUT2D eigenvalue weighted by atomic mass is 9.94. The van der Waals surface area contributed by atoms with Crippen LogP contribution in [0.2, 0.25) is 5.02 Å². The van der Waals surface area contributed by atoms with Gasteiger partial charge in [0.2, 0.25) is 0 Å². The van der Waals surface area contributed by atoms with Gasteiger partial charge < -0.3 is 31.2 Å². The fourth-order valence-electron chi connectivity index (χ4n) is 3.41. The minimum atomic E-state index is -4.59. The normalized spacial score (nSPS) is 15.7. The summed E-state index contributed by atoms with van der Waals surface area (Å²) in [5, 5.41) is 7.48. The number of carbonyl (C=O) groups is 3. The Morgan fingerprint density at radius 2 is 1.94 bits per heavy atom.